The molecule has 0 aliphatic carbocycles. The fourth-order valence-corrected chi connectivity index (χ4v) is 11.7. The summed E-state index contributed by atoms with van der Waals surface area (Å²) in [4.78, 5) is 5.89. The largest absolute Gasteiger partial charge is 0.309 e. The Labute approximate surface area is 402 Å². The van der Waals surface area contributed by atoms with Crippen LogP contribution in [-0.4, -0.2) is 23.3 Å². The summed E-state index contributed by atoms with van der Waals surface area (Å²) >= 11 is 0. The summed E-state index contributed by atoms with van der Waals surface area (Å²) in [5.74, 6) is 0.844. The Morgan fingerprint density at radius 1 is 0.257 bits per heavy atom. The summed E-state index contributed by atoms with van der Waals surface area (Å²) in [6.45, 7) is 0. The van der Waals surface area contributed by atoms with Gasteiger partial charge < -0.3 is 13.7 Å². The van der Waals surface area contributed by atoms with Crippen molar-refractivity contribution in [1.29, 1.82) is 0 Å². The highest BCUT2D eigenvalue weighted by molar-refractivity contribution is 6.13. The molecule has 0 aliphatic heterocycles. The minimum atomic E-state index is 0.844. The summed E-state index contributed by atoms with van der Waals surface area (Å²) in [5.41, 5.74) is 16.5. The van der Waals surface area contributed by atoms with E-state index in [-0.39, 0.29) is 0 Å². The third-order valence-corrected chi connectivity index (χ3v) is 14.6. The topological polar surface area (TPSA) is 32.6 Å². The lowest BCUT2D eigenvalue weighted by Crippen LogP contribution is -2.06. The molecule has 15 aromatic rings. The molecule has 10 aromatic carbocycles. The lowest BCUT2D eigenvalue weighted by molar-refractivity contribution is 1.06. The number of aromatic nitrogens is 5. The Hall–Kier alpha value is -9.45. The van der Waals surface area contributed by atoms with Crippen molar-refractivity contribution in [3.8, 4) is 45.3 Å². The highest BCUT2D eigenvalue weighted by atomic mass is 15.1. The molecule has 0 fully saturated rings. The fraction of sp³-hybridized carbons (Fsp3) is 0. The summed E-state index contributed by atoms with van der Waals surface area (Å²) in [5, 5.41) is 9.73. The molecule has 0 radical (unpaired) electrons. The van der Waals surface area contributed by atoms with Gasteiger partial charge in [0.1, 0.15) is 5.82 Å². The average molecular weight is 892 g/mol. The van der Waals surface area contributed by atoms with Gasteiger partial charge in [0, 0.05) is 60.4 Å². The Kier molecular flexibility index (Phi) is 8.29. The predicted molar refractivity (Wildman–Crippen MR) is 292 cm³/mol. The molecule has 0 saturated carbocycles. The first-order chi connectivity index (χ1) is 34.8. The van der Waals surface area contributed by atoms with Crippen LogP contribution in [0.3, 0.4) is 0 Å². The van der Waals surface area contributed by atoms with Crippen LogP contribution in [0.5, 0.6) is 0 Å². The molecule has 15 rings (SSSR count). The van der Waals surface area contributed by atoms with Gasteiger partial charge in [0.15, 0.2) is 0 Å². The third-order valence-electron chi connectivity index (χ3n) is 14.6. The van der Waals surface area contributed by atoms with Gasteiger partial charge >= 0.3 is 0 Å². The van der Waals surface area contributed by atoms with Crippen LogP contribution in [0.2, 0.25) is 0 Å². The van der Waals surface area contributed by atoms with Crippen molar-refractivity contribution in [3.05, 3.63) is 249 Å². The molecule has 0 amide bonds. The van der Waals surface area contributed by atoms with Crippen molar-refractivity contribution in [2.45, 2.75) is 0 Å². The molecular formula is C65H41N5. The van der Waals surface area contributed by atoms with Gasteiger partial charge in [0.25, 0.3) is 0 Å². The molecular weight excluding hydrogens is 851 g/mol. The first-order valence-corrected chi connectivity index (χ1v) is 24.0. The number of hydrogen-bond donors (Lipinski definition) is 0. The van der Waals surface area contributed by atoms with Crippen molar-refractivity contribution >= 4 is 87.2 Å². The van der Waals surface area contributed by atoms with Crippen LogP contribution in [0, 0.1) is 0 Å². The van der Waals surface area contributed by atoms with Gasteiger partial charge in [-0.2, -0.15) is 0 Å². The normalized spacial score (nSPS) is 12.0. The zero-order chi connectivity index (χ0) is 45.9. The second-order valence-electron chi connectivity index (χ2n) is 18.3. The van der Waals surface area contributed by atoms with Gasteiger partial charge in [0.2, 0.25) is 0 Å². The fourth-order valence-electron chi connectivity index (χ4n) is 11.7. The van der Waals surface area contributed by atoms with Crippen molar-refractivity contribution in [2.75, 3.05) is 0 Å². The van der Waals surface area contributed by atoms with E-state index in [1.54, 1.807) is 0 Å². The third kappa shape index (κ3) is 5.57. The van der Waals surface area contributed by atoms with Crippen molar-refractivity contribution in [3.63, 3.8) is 0 Å². The van der Waals surface area contributed by atoms with Gasteiger partial charge in [-0.3, -0.25) is 4.57 Å². The Morgan fingerprint density at radius 2 is 0.600 bits per heavy atom. The quantitative estimate of drug-likeness (QED) is 0.164. The molecule has 5 aromatic heterocycles. The van der Waals surface area contributed by atoms with E-state index in [4.69, 9.17) is 4.98 Å². The number of pyridine rings is 1. The zero-order valence-corrected chi connectivity index (χ0v) is 37.9. The Morgan fingerprint density at radius 3 is 1.00 bits per heavy atom. The summed E-state index contributed by atoms with van der Waals surface area (Å²) in [7, 11) is 0. The molecule has 0 N–H and O–H groups in total. The molecule has 70 heavy (non-hydrogen) atoms. The maximum Gasteiger partial charge on any atom is 0.140 e. The lowest BCUT2D eigenvalue weighted by Gasteiger charge is -2.20. The van der Waals surface area contributed by atoms with Crippen molar-refractivity contribution in [1.82, 2.24) is 23.3 Å². The second-order valence-corrected chi connectivity index (χ2v) is 18.3. The maximum atomic E-state index is 5.89. The highest BCUT2D eigenvalue weighted by Gasteiger charge is 2.24. The monoisotopic (exact) mass is 891 g/mol. The maximum absolute atomic E-state index is 5.89. The number of nitrogens with zero attached hydrogens (tertiary/aromatic N) is 5. The van der Waals surface area contributed by atoms with Crippen LogP contribution < -0.4 is 0 Å². The SMILES string of the molecule is c1cc(-c2ccc(-n3c4ccccc4c4ccccc43)cc2)c(-c2cc(-n3c4ccccc4c4ccccc43)cc(-n3c4ccccc4c4ccccc43)n2)c(-n2c3ccccc3c3ccccc32)c1. The molecule has 0 unspecified atom stereocenters. The minimum Gasteiger partial charge on any atom is -0.309 e. The average Bonchev–Trinajstić information content (AvgIpc) is 4.16. The van der Waals surface area contributed by atoms with Crippen LogP contribution in [0.1, 0.15) is 0 Å². The summed E-state index contributed by atoms with van der Waals surface area (Å²) in [6, 6.07) is 90.4. The number of fused-ring (bicyclic) bond motifs is 12. The summed E-state index contributed by atoms with van der Waals surface area (Å²) < 4.78 is 9.62. The first kappa shape index (κ1) is 38.6. The van der Waals surface area contributed by atoms with Gasteiger partial charge in [-0.1, -0.05) is 170 Å². The molecule has 0 aliphatic rings. The van der Waals surface area contributed by atoms with Gasteiger partial charge in [-0.15, -0.1) is 0 Å². The Bertz CT molecular complexity index is 4250. The minimum absolute atomic E-state index is 0.844. The van der Waals surface area contributed by atoms with Crippen LogP contribution in [0.25, 0.3) is 132 Å². The summed E-state index contributed by atoms with van der Waals surface area (Å²) in [6.07, 6.45) is 0. The van der Waals surface area contributed by atoms with E-state index in [1.807, 2.05) is 0 Å². The molecule has 0 saturated heterocycles. The number of hydrogen-bond acceptors (Lipinski definition) is 1. The van der Waals surface area contributed by atoms with E-state index >= 15 is 0 Å². The van der Waals surface area contributed by atoms with E-state index in [9.17, 15) is 0 Å². The van der Waals surface area contributed by atoms with Crippen LogP contribution in [0.4, 0.5) is 0 Å². The smallest absolute Gasteiger partial charge is 0.140 e. The van der Waals surface area contributed by atoms with Gasteiger partial charge in [-0.05, 0) is 83.9 Å². The molecule has 5 nitrogen and oxygen atoms in total. The predicted octanol–water partition coefficient (Wildman–Crippen LogP) is 16.8. The first-order valence-electron chi connectivity index (χ1n) is 24.0. The second kappa shape index (κ2) is 15.0. The van der Waals surface area contributed by atoms with E-state index in [1.165, 1.54) is 54.1 Å². The van der Waals surface area contributed by atoms with Crippen molar-refractivity contribution < 1.29 is 0 Å². The van der Waals surface area contributed by atoms with E-state index < -0.39 is 0 Å². The number of benzene rings is 10. The molecule has 5 heterocycles. The molecule has 0 bridgehead atoms. The molecule has 5 heteroatoms. The van der Waals surface area contributed by atoms with E-state index in [0.29, 0.717) is 0 Å². The van der Waals surface area contributed by atoms with E-state index in [2.05, 4.69) is 267 Å². The van der Waals surface area contributed by atoms with Gasteiger partial charge in [-0.25, -0.2) is 4.98 Å². The standard InChI is InChI=1S/C65H41N5/c1-9-27-55-46(18-1)47-19-2-10-28-56(47)67(55)43-38-36-42(37-39-43)45-26-17-35-63(69-59-31-13-5-22-50(59)51-23-6-14-32-60(51)69)65(45)54-40-44(68-57-29-11-3-20-48(57)49-21-4-12-30-58(49)68)41-64(66-54)70-61-33-15-7-24-52(61)53-25-8-16-34-62(53)70/h1-41H. The van der Waals surface area contributed by atoms with Crippen LogP contribution in [-0.2, 0) is 0 Å². The van der Waals surface area contributed by atoms with Gasteiger partial charge in [0.05, 0.1) is 61.2 Å². The lowest BCUT2D eigenvalue weighted by atomic mass is 9.94. The molecule has 0 spiro atoms. The highest BCUT2D eigenvalue weighted by Crippen LogP contribution is 2.44. The molecule has 0 atom stereocenters. The van der Waals surface area contributed by atoms with Crippen LogP contribution >= 0.6 is 0 Å². The zero-order valence-electron chi connectivity index (χ0n) is 37.9. The van der Waals surface area contributed by atoms with Crippen molar-refractivity contribution in [2.24, 2.45) is 0 Å². The van der Waals surface area contributed by atoms with E-state index in [0.717, 1.165) is 78.4 Å². The number of para-hydroxylation sites is 8. The number of rotatable bonds is 6. The molecule has 326 valence electrons. The Balaban J connectivity index is 1.06. The van der Waals surface area contributed by atoms with Crippen LogP contribution in [0.15, 0.2) is 249 Å².